The quantitative estimate of drug-likeness (QED) is 0.0791. The molecule has 1 atom stereocenters. The maximum Gasteiger partial charge on any atom is 0.252 e. The van der Waals surface area contributed by atoms with Crippen molar-refractivity contribution in [3.05, 3.63) is 393 Å². The molecule has 15 aromatic carbocycles. The minimum Gasteiger partial charge on any atom is -0.311 e. The average molecular weight is 1350 g/mol. The summed E-state index contributed by atoms with van der Waals surface area (Å²) in [6.07, 6.45) is 0. The van der Waals surface area contributed by atoms with Gasteiger partial charge < -0.3 is 9.80 Å². The number of benzene rings is 15. The molecule has 0 aromatic heterocycles. The summed E-state index contributed by atoms with van der Waals surface area (Å²) in [7, 11) is -6.77. The van der Waals surface area contributed by atoms with Crippen LogP contribution in [0.2, 0.25) is 0 Å². The highest BCUT2D eigenvalue weighted by atomic mass is 28.3. The molecule has 2 aliphatic heterocycles. The topological polar surface area (TPSA) is 6.48 Å². The minimum absolute atomic E-state index is 0.111. The van der Waals surface area contributed by atoms with Crippen molar-refractivity contribution in [2.45, 2.75) is 52.4 Å². The minimum atomic E-state index is -3.43. The molecule has 103 heavy (non-hydrogen) atoms. The molecular formula is C98H81BN2Si2. The number of anilines is 6. The number of hydrogen-bond donors (Lipinski definition) is 0. The number of fused-ring (bicyclic) bond motifs is 4. The van der Waals surface area contributed by atoms with Crippen molar-refractivity contribution in [1.29, 1.82) is 0 Å². The van der Waals surface area contributed by atoms with Crippen LogP contribution < -0.4 is 67.7 Å². The van der Waals surface area contributed by atoms with E-state index in [0.717, 1.165) is 34.0 Å². The first-order chi connectivity index (χ1) is 50.3. The monoisotopic (exact) mass is 1350 g/mol. The summed E-state index contributed by atoms with van der Waals surface area (Å²) in [4.78, 5) is 5.36. The zero-order chi connectivity index (χ0) is 69.9. The highest BCUT2D eigenvalue weighted by Gasteiger charge is 2.50. The Morgan fingerprint density at radius 1 is 0.223 bits per heavy atom. The van der Waals surface area contributed by atoms with Gasteiger partial charge in [-0.05, 0) is 167 Å². The van der Waals surface area contributed by atoms with Gasteiger partial charge in [0.2, 0.25) is 0 Å². The van der Waals surface area contributed by atoms with E-state index in [2.05, 4.69) is 434 Å². The van der Waals surface area contributed by atoms with Crippen molar-refractivity contribution < 1.29 is 0 Å². The third-order valence-corrected chi connectivity index (χ3v) is 31.3. The van der Waals surface area contributed by atoms with Crippen LogP contribution in [0.5, 0.6) is 0 Å². The molecule has 0 saturated carbocycles. The Balaban J connectivity index is 1.04. The van der Waals surface area contributed by atoms with Crippen molar-refractivity contribution >= 4 is 115 Å². The summed E-state index contributed by atoms with van der Waals surface area (Å²) in [6.45, 7) is 13.9. The smallest absolute Gasteiger partial charge is 0.252 e. The number of nitrogens with zero attached hydrogens (tertiary/aromatic N) is 2. The molecule has 0 aliphatic carbocycles. The van der Waals surface area contributed by atoms with Crippen LogP contribution in [0.15, 0.2) is 382 Å². The van der Waals surface area contributed by atoms with E-state index >= 15 is 0 Å². The molecule has 1 unspecified atom stereocenters. The lowest BCUT2D eigenvalue weighted by Crippen LogP contribution is -2.76. The second-order valence-electron chi connectivity index (χ2n) is 30.0. The summed E-state index contributed by atoms with van der Waals surface area (Å²) in [5.41, 5.74) is 22.5. The van der Waals surface area contributed by atoms with Crippen LogP contribution in [0.4, 0.5) is 34.1 Å². The van der Waals surface area contributed by atoms with Crippen LogP contribution in [-0.4, -0.2) is 22.9 Å². The van der Waals surface area contributed by atoms with E-state index in [1.54, 1.807) is 0 Å². The normalized spacial score (nSPS) is 13.2. The second kappa shape index (κ2) is 26.4. The Labute approximate surface area is 610 Å². The summed E-state index contributed by atoms with van der Waals surface area (Å²) in [5, 5.41) is 10.6. The lowest BCUT2D eigenvalue weighted by molar-refractivity contribution is 0.590. The molecule has 0 bridgehead atoms. The van der Waals surface area contributed by atoms with Crippen LogP contribution in [0.1, 0.15) is 52.7 Å². The molecule has 2 nitrogen and oxygen atoms in total. The average Bonchev–Trinajstić information content (AvgIpc) is 0.687. The van der Waals surface area contributed by atoms with Crippen LogP contribution in [0.25, 0.3) is 44.5 Å². The van der Waals surface area contributed by atoms with Gasteiger partial charge in [-0.2, -0.15) is 0 Å². The van der Waals surface area contributed by atoms with E-state index < -0.39 is 16.1 Å². The molecular weight excluding hydrogens is 1270 g/mol. The van der Waals surface area contributed by atoms with E-state index in [0.29, 0.717) is 0 Å². The molecule has 0 N–H and O–H groups in total. The molecule has 17 rings (SSSR count). The van der Waals surface area contributed by atoms with E-state index in [-0.39, 0.29) is 17.5 Å². The van der Waals surface area contributed by atoms with Gasteiger partial charge in [0.1, 0.15) is 0 Å². The van der Waals surface area contributed by atoms with Gasteiger partial charge in [0.05, 0.1) is 5.69 Å². The van der Waals surface area contributed by atoms with Gasteiger partial charge in [0.25, 0.3) is 6.71 Å². The summed E-state index contributed by atoms with van der Waals surface area (Å²) in [6, 6.07) is 147. The third kappa shape index (κ3) is 11.4. The lowest BCUT2D eigenvalue weighted by Gasteiger charge is -2.46. The van der Waals surface area contributed by atoms with Gasteiger partial charge >= 0.3 is 0 Å². The van der Waals surface area contributed by atoms with E-state index in [1.165, 1.54) is 114 Å². The second-order valence-corrected chi connectivity index (χ2v) is 37.6. The number of hydrogen-bond acceptors (Lipinski definition) is 2. The fraction of sp³-hybridized carbons (Fsp3) is 0.0816. The summed E-state index contributed by atoms with van der Waals surface area (Å²) in [5.74, 6) is 0. The molecule has 494 valence electrons. The van der Waals surface area contributed by atoms with Crippen molar-refractivity contribution in [3.8, 4) is 44.5 Å². The fourth-order valence-electron chi connectivity index (χ4n) is 16.8. The highest BCUT2D eigenvalue weighted by molar-refractivity contribution is 7.21. The van der Waals surface area contributed by atoms with Crippen molar-refractivity contribution in [2.24, 2.45) is 0 Å². The van der Waals surface area contributed by atoms with Crippen LogP contribution in [0, 0.1) is 0 Å². The highest BCUT2D eigenvalue weighted by Crippen LogP contribution is 2.48. The molecule has 0 radical (unpaired) electrons. The van der Waals surface area contributed by atoms with E-state index in [9.17, 15) is 0 Å². The molecule has 15 aromatic rings. The maximum atomic E-state index is 2.70. The van der Waals surface area contributed by atoms with Gasteiger partial charge in [0, 0.05) is 34.0 Å². The van der Waals surface area contributed by atoms with Gasteiger partial charge in [0.15, 0.2) is 16.1 Å². The Morgan fingerprint density at radius 3 is 1.11 bits per heavy atom. The molecule has 0 saturated heterocycles. The fourth-order valence-corrected chi connectivity index (χ4v) is 26.5. The van der Waals surface area contributed by atoms with Crippen molar-refractivity contribution in [1.82, 2.24) is 0 Å². The molecule has 0 amide bonds. The first-order valence-electron chi connectivity index (χ1n) is 36.3. The van der Waals surface area contributed by atoms with Crippen molar-refractivity contribution in [2.75, 3.05) is 9.80 Å². The van der Waals surface area contributed by atoms with Gasteiger partial charge in [-0.25, -0.2) is 0 Å². The Hall–Kier alpha value is -11.6. The van der Waals surface area contributed by atoms with Gasteiger partial charge in [-0.15, -0.1) is 0 Å². The lowest BCUT2D eigenvalue weighted by atomic mass is 9.33. The van der Waals surface area contributed by atoms with Crippen LogP contribution in [0.3, 0.4) is 0 Å². The standard InChI is InChI=1S/C98H81BN2Si2/c1-97(2,3)77-45-33-55-85(65-77)103(82-51-26-13-27-52-82,84-54-32-44-76(64-84)72-38-18-9-19-39-72)86-59-61-93-90(67-86)99-89-56-28-29-57-92(89)101(91-60-58-78(98(4,5)6)66-88(91)73-40-20-10-21-41-73)95-69-87(68-94(96(95)99)100(93)79-46-30-42-74(62-79)70-34-14-7-15-35-70)102(80-47-22-11-23-48-80,81-49-24-12-25-50-81)83-53-31-43-75(63-83)71-36-16-8-17-37-71/h7-69H,1-6H3. The first kappa shape index (κ1) is 64.8. The largest absolute Gasteiger partial charge is 0.311 e. The zero-order valence-electron chi connectivity index (χ0n) is 59.3. The predicted molar refractivity (Wildman–Crippen MR) is 447 cm³/mol. The summed E-state index contributed by atoms with van der Waals surface area (Å²) < 4.78 is 0. The molecule has 0 fully saturated rings. The summed E-state index contributed by atoms with van der Waals surface area (Å²) >= 11 is 0. The Kier molecular flexibility index (Phi) is 16.6. The third-order valence-electron chi connectivity index (χ3n) is 21.8. The molecule has 0 spiro atoms. The van der Waals surface area contributed by atoms with Gasteiger partial charge in [-0.1, -0.05) is 375 Å². The predicted octanol–water partition coefficient (Wildman–Crippen LogP) is 17.8. The first-order valence-corrected chi connectivity index (χ1v) is 40.3. The van der Waals surface area contributed by atoms with Gasteiger partial charge in [-0.3, -0.25) is 0 Å². The Bertz CT molecular complexity index is 5560. The van der Waals surface area contributed by atoms with Crippen molar-refractivity contribution in [3.63, 3.8) is 0 Å². The maximum absolute atomic E-state index is 3.43. The zero-order valence-corrected chi connectivity index (χ0v) is 61.3. The van der Waals surface area contributed by atoms with Crippen LogP contribution in [-0.2, 0) is 10.8 Å². The SMILES string of the molecule is CC(C)(C)c1cccc([Si](c2ccccc2)(c2cccc(-c3ccccc3)c2)c2ccc3c(c2)B2c4ccccc4N(c4ccc(C(C)(C)C)cc4-c4ccccc4)c4cc([Si](c5ccccc5)(c5ccccc5)c5cccc(-c6ccccc6)c5)cc(c42)N3c2cccc(-c3ccccc3)c2)c1. The molecule has 5 heteroatoms. The van der Waals surface area contributed by atoms with E-state index in [1.807, 2.05) is 0 Å². The molecule has 2 heterocycles. The number of rotatable bonds is 14. The number of para-hydroxylation sites is 1. The van der Waals surface area contributed by atoms with Crippen LogP contribution >= 0.6 is 0 Å². The van der Waals surface area contributed by atoms with E-state index in [4.69, 9.17) is 0 Å². The molecule has 2 aliphatic rings. The Morgan fingerprint density at radius 2 is 0.592 bits per heavy atom.